The van der Waals surface area contributed by atoms with Crippen LogP contribution in [0.1, 0.15) is 24.8 Å². The number of hydrogen-bond acceptors (Lipinski definition) is 2. The average molecular weight is 289 g/mol. The van der Waals surface area contributed by atoms with E-state index < -0.39 is 21.7 Å². The second-order valence-corrected chi connectivity index (χ2v) is 6.83. The lowest BCUT2D eigenvalue weighted by molar-refractivity contribution is 0.0823. The van der Waals surface area contributed by atoms with Crippen molar-refractivity contribution in [3.63, 3.8) is 0 Å². The molecule has 1 saturated heterocycles. The van der Waals surface area contributed by atoms with E-state index in [1.165, 1.54) is 12.1 Å². The SMILES string of the molecule is O=S(=O)(N1CCCCC1)C(F)(F)Cc1ccccc1. The Morgan fingerprint density at radius 3 is 2.21 bits per heavy atom. The molecule has 0 bridgehead atoms. The molecule has 0 N–H and O–H groups in total. The molecule has 1 aromatic carbocycles. The molecule has 1 aliphatic rings. The lowest BCUT2D eigenvalue weighted by Gasteiger charge is -2.29. The Morgan fingerprint density at radius 2 is 1.63 bits per heavy atom. The van der Waals surface area contributed by atoms with Gasteiger partial charge in [0.15, 0.2) is 0 Å². The predicted octanol–water partition coefficient (Wildman–Crippen LogP) is 2.64. The summed E-state index contributed by atoms with van der Waals surface area (Å²) >= 11 is 0. The maximum atomic E-state index is 14.0. The highest BCUT2D eigenvalue weighted by Crippen LogP contribution is 2.31. The minimum atomic E-state index is -4.56. The summed E-state index contributed by atoms with van der Waals surface area (Å²) in [5.74, 6) is 0. The van der Waals surface area contributed by atoms with Crippen LogP contribution in [0.15, 0.2) is 30.3 Å². The van der Waals surface area contributed by atoms with Crippen molar-refractivity contribution in [1.29, 1.82) is 0 Å². The Morgan fingerprint density at radius 1 is 1.05 bits per heavy atom. The van der Waals surface area contributed by atoms with Gasteiger partial charge in [0.05, 0.1) is 6.42 Å². The van der Waals surface area contributed by atoms with Crippen LogP contribution in [-0.4, -0.2) is 31.1 Å². The monoisotopic (exact) mass is 289 g/mol. The molecule has 0 aliphatic carbocycles. The van der Waals surface area contributed by atoms with Crippen molar-refractivity contribution in [2.45, 2.75) is 30.9 Å². The van der Waals surface area contributed by atoms with Crippen molar-refractivity contribution in [3.05, 3.63) is 35.9 Å². The predicted molar refractivity (Wildman–Crippen MR) is 69.4 cm³/mol. The Balaban J connectivity index is 2.17. The molecule has 0 radical (unpaired) electrons. The van der Waals surface area contributed by atoms with Gasteiger partial charge < -0.3 is 0 Å². The van der Waals surface area contributed by atoms with Crippen LogP contribution in [0.25, 0.3) is 0 Å². The molecule has 0 saturated carbocycles. The first kappa shape index (κ1) is 14.4. The number of rotatable bonds is 4. The van der Waals surface area contributed by atoms with Crippen LogP contribution in [0.5, 0.6) is 0 Å². The van der Waals surface area contributed by atoms with Crippen LogP contribution in [-0.2, 0) is 16.4 Å². The van der Waals surface area contributed by atoms with E-state index in [0.717, 1.165) is 10.7 Å². The normalized spacial score (nSPS) is 18.4. The summed E-state index contributed by atoms with van der Waals surface area (Å²) in [6.07, 6.45) is 1.43. The quantitative estimate of drug-likeness (QED) is 0.854. The van der Waals surface area contributed by atoms with Crippen LogP contribution in [0, 0.1) is 0 Å². The van der Waals surface area contributed by atoms with Crippen molar-refractivity contribution in [2.75, 3.05) is 13.1 Å². The van der Waals surface area contributed by atoms with E-state index in [1.807, 2.05) is 0 Å². The van der Waals surface area contributed by atoms with Gasteiger partial charge in [-0.05, 0) is 18.4 Å². The largest absolute Gasteiger partial charge is 0.363 e. The van der Waals surface area contributed by atoms with E-state index in [4.69, 9.17) is 0 Å². The highest BCUT2D eigenvalue weighted by Gasteiger charge is 2.48. The smallest absolute Gasteiger partial charge is 0.206 e. The van der Waals surface area contributed by atoms with Crippen LogP contribution in [0.3, 0.4) is 0 Å². The molecule has 6 heteroatoms. The summed E-state index contributed by atoms with van der Waals surface area (Å²) in [4.78, 5) is 0. The van der Waals surface area contributed by atoms with Gasteiger partial charge in [-0.3, -0.25) is 0 Å². The minimum absolute atomic E-state index is 0.201. The highest BCUT2D eigenvalue weighted by atomic mass is 32.2. The number of nitrogens with zero attached hydrogens (tertiary/aromatic N) is 1. The van der Waals surface area contributed by atoms with E-state index in [0.29, 0.717) is 18.4 Å². The average Bonchev–Trinajstić information content (AvgIpc) is 2.40. The Labute approximate surface area is 112 Å². The third kappa shape index (κ3) is 3.12. The summed E-state index contributed by atoms with van der Waals surface area (Å²) < 4.78 is 53.0. The molecule has 19 heavy (non-hydrogen) atoms. The number of piperidine rings is 1. The zero-order chi connectivity index (χ0) is 13.9. The van der Waals surface area contributed by atoms with Crippen molar-refractivity contribution >= 4 is 10.0 Å². The number of alkyl halides is 2. The second kappa shape index (κ2) is 5.54. The van der Waals surface area contributed by atoms with E-state index in [1.54, 1.807) is 18.2 Å². The Bertz CT molecular complexity index is 511. The van der Waals surface area contributed by atoms with Crippen molar-refractivity contribution in [1.82, 2.24) is 4.31 Å². The van der Waals surface area contributed by atoms with Crippen molar-refractivity contribution < 1.29 is 17.2 Å². The van der Waals surface area contributed by atoms with Crippen molar-refractivity contribution in [3.8, 4) is 0 Å². The fraction of sp³-hybridized carbons (Fsp3) is 0.538. The molecule has 0 atom stereocenters. The summed E-state index contributed by atoms with van der Waals surface area (Å²) in [6, 6.07) is 7.98. The molecule has 0 amide bonds. The minimum Gasteiger partial charge on any atom is -0.206 e. The summed E-state index contributed by atoms with van der Waals surface area (Å²) in [5.41, 5.74) is 0.327. The molecule has 1 heterocycles. The lowest BCUT2D eigenvalue weighted by atomic mass is 10.2. The first-order chi connectivity index (χ1) is 8.93. The fourth-order valence-corrected chi connectivity index (χ4v) is 3.68. The van der Waals surface area contributed by atoms with Gasteiger partial charge in [0.25, 0.3) is 10.0 Å². The van der Waals surface area contributed by atoms with Crippen molar-refractivity contribution in [2.24, 2.45) is 0 Å². The third-order valence-electron chi connectivity index (χ3n) is 3.29. The Hall–Kier alpha value is -1.01. The molecule has 0 spiro atoms. The second-order valence-electron chi connectivity index (χ2n) is 4.76. The molecule has 3 nitrogen and oxygen atoms in total. The zero-order valence-corrected chi connectivity index (χ0v) is 11.4. The molecule has 0 unspecified atom stereocenters. The van der Waals surface area contributed by atoms with Crippen LogP contribution >= 0.6 is 0 Å². The fourth-order valence-electron chi connectivity index (χ4n) is 2.22. The summed E-state index contributed by atoms with van der Waals surface area (Å²) in [5, 5.41) is -3.74. The van der Waals surface area contributed by atoms with Gasteiger partial charge in [-0.25, -0.2) is 8.42 Å². The zero-order valence-electron chi connectivity index (χ0n) is 10.6. The molecule has 1 fully saturated rings. The molecular formula is C13H17F2NO2S. The van der Waals surface area contributed by atoms with Crippen LogP contribution in [0.4, 0.5) is 8.78 Å². The van der Waals surface area contributed by atoms with E-state index in [-0.39, 0.29) is 13.1 Å². The van der Waals surface area contributed by atoms with E-state index in [9.17, 15) is 17.2 Å². The van der Waals surface area contributed by atoms with Gasteiger partial charge in [-0.15, -0.1) is 0 Å². The molecular weight excluding hydrogens is 272 g/mol. The van der Waals surface area contributed by atoms with Gasteiger partial charge in [-0.1, -0.05) is 36.8 Å². The number of sulfonamides is 1. The third-order valence-corrected chi connectivity index (χ3v) is 5.23. The summed E-state index contributed by atoms with van der Waals surface area (Å²) in [6.45, 7) is 0.402. The van der Waals surface area contributed by atoms with Crippen LogP contribution in [0.2, 0.25) is 0 Å². The van der Waals surface area contributed by atoms with Gasteiger partial charge in [0, 0.05) is 13.1 Å². The Kier molecular flexibility index (Phi) is 4.20. The van der Waals surface area contributed by atoms with Crippen LogP contribution < -0.4 is 0 Å². The first-order valence-electron chi connectivity index (χ1n) is 6.35. The van der Waals surface area contributed by atoms with E-state index >= 15 is 0 Å². The molecule has 1 aromatic rings. The van der Waals surface area contributed by atoms with Gasteiger partial charge in [0.2, 0.25) is 0 Å². The van der Waals surface area contributed by atoms with Gasteiger partial charge in [0.1, 0.15) is 0 Å². The van der Waals surface area contributed by atoms with Gasteiger partial charge in [-0.2, -0.15) is 13.1 Å². The lowest BCUT2D eigenvalue weighted by Crippen LogP contribution is -2.46. The number of benzene rings is 1. The molecule has 2 rings (SSSR count). The van der Waals surface area contributed by atoms with Gasteiger partial charge >= 0.3 is 5.25 Å². The number of halogens is 2. The molecule has 106 valence electrons. The summed E-state index contributed by atoms with van der Waals surface area (Å²) in [7, 11) is -4.56. The first-order valence-corrected chi connectivity index (χ1v) is 7.79. The van der Waals surface area contributed by atoms with E-state index in [2.05, 4.69) is 0 Å². The molecule has 0 aromatic heterocycles. The molecule has 1 aliphatic heterocycles. The maximum Gasteiger partial charge on any atom is 0.363 e. The topological polar surface area (TPSA) is 37.4 Å². The standard InChI is InChI=1S/C13H17F2NO2S/c14-13(15,11-12-7-3-1-4-8-12)19(17,18)16-9-5-2-6-10-16/h1,3-4,7-8H,2,5-6,9-11H2. The maximum absolute atomic E-state index is 14.0. The highest BCUT2D eigenvalue weighted by molar-refractivity contribution is 7.90. The number of hydrogen-bond donors (Lipinski definition) is 0.